The molecular formula is C21H27N3. The molecule has 2 aromatic rings. The van der Waals surface area contributed by atoms with Crippen LogP contribution in [-0.4, -0.2) is 12.8 Å². The van der Waals surface area contributed by atoms with Gasteiger partial charge in [0, 0.05) is 24.2 Å². The average molecular weight is 321 g/mol. The van der Waals surface area contributed by atoms with Gasteiger partial charge in [0.1, 0.15) is 0 Å². The number of anilines is 2. The number of nitrogen functional groups attached to an aromatic ring is 1. The van der Waals surface area contributed by atoms with Crippen molar-refractivity contribution in [1.29, 1.82) is 0 Å². The summed E-state index contributed by atoms with van der Waals surface area (Å²) < 4.78 is 0. The minimum atomic E-state index is 0.494. The van der Waals surface area contributed by atoms with Gasteiger partial charge in [-0.25, -0.2) is 0 Å². The molecule has 0 amide bonds. The van der Waals surface area contributed by atoms with Gasteiger partial charge in [0.15, 0.2) is 0 Å². The lowest BCUT2D eigenvalue weighted by atomic mass is 9.82. The van der Waals surface area contributed by atoms with Gasteiger partial charge in [-0.05, 0) is 44.0 Å². The van der Waals surface area contributed by atoms with E-state index in [1.54, 1.807) is 0 Å². The Morgan fingerprint density at radius 3 is 2.46 bits per heavy atom. The molecule has 0 saturated heterocycles. The van der Waals surface area contributed by atoms with Crippen molar-refractivity contribution >= 4 is 17.1 Å². The zero-order valence-electron chi connectivity index (χ0n) is 14.7. The highest BCUT2D eigenvalue weighted by Crippen LogP contribution is 2.30. The number of hydrogen-bond acceptors (Lipinski definition) is 3. The van der Waals surface area contributed by atoms with Crippen molar-refractivity contribution in [3.05, 3.63) is 59.7 Å². The van der Waals surface area contributed by atoms with Crippen LogP contribution >= 0.6 is 0 Å². The van der Waals surface area contributed by atoms with Crippen molar-refractivity contribution in [3.63, 3.8) is 0 Å². The minimum absolute atomic E-state index is 0.494. The van der Waals surface area contributed by atoms with Gasteiger partial charge in [-0.1, -0.05) is 49.1 Å². The van der Waals surface area contributed by atoms with E-state index in [-0.39, 0.29) is 0 Å². The third kappa shape index (κ3) is 3.78. The summed E-state index contributed by atoms with van der Waals surface area (Å²) in [6, 6.07) is 16.5. The van der Waals surface area contributed by atoms with Gasteiger partial charge in [-0.2, -0.15) is 5.10 Å². The fourth-order valence-corrected chi connectivity index (χ4v) is 3.49. The van der Waals surface area contributed by atoms with E-state index >= 15 is 0 Å². The normalized spacial score (nSPS) is 16.2. The standard InChI is InChI=1S/C21H27N3/c1-16-13-14-20(22)19(15-16)21(17-9-5-3-6-10-17)23-24(2)18-11-7-4-8-12-18/h4,7-8,11-15,17H,3,5-6,9-10,22H2,1-2H3/b23-21+. The Hall–Kier alpha value is -2.29. The molecule has 24 heavy (non-hydrogen) atoms. The molecule has 0 aromatic heterocycles. The highest BCUT2D eigenvalue weighted by molar-refractivity contribution is 6.06. The fraction of sp³-hybridized carbons (Fsp3) is 0.381. The van der Waals surface area contributed by atoms with Crippen LogP contribution in [0.15, 0.2) is 53.6 Å². The summed E-state index contributed by atoms with van der Waals surface area (Å²) in [5.41, 5.74) is 11.7. The lowest BCUT2D eigenvalue weighted by Gasteiger charge is -2.26. The Labute approximate surface area is 145 Å². The molecule has 0 atom stereocenters. The predicted molar refractivity (Wildman–Crippen MR) is 104 cm³/mol. The number of para-hydroxylation sites is 1. The minimum Gasteiger partial charge on any atom is -0.398 e. The summed E-state index contributed by atoms with van der Waals surface area (Å²) in [7, 11) is 2.02. The molecule has 1 fully saturated rings. The molecule has 1 aliphatic rings. The molecule has 3 nitrogen and oxygen atoms in total. The van der Waals surface area contributed by atoms with Gasteiger partial charge in [0.2, 0.25) is 0 Å². The smallest absolute Gasteiger partial charge is 0.0733 e. The molecular weight excluding hydrogens is 294 g/mol. The monoisotopic (exact) mass is 321 g/mol. The Morgan fingerprint density at radius 2 is 1.75 bits per heavy atom. The zero-order valence-corrected chi connectivity index (χ0v) is 14.7. The van der Waals surface area contributed by atoms with Gasteiger partial charge in [-0.15, -0.1) is 0 Å². The largest absolute Gasteiger partial charge is 0.398 e. The van der Waals surface area contributed by atoms with Crippen LogP contribution in [0.2, 0.25) is 0 Å². The molecule has 1 saturated carbocycles. The fourth-order valence-electron chi connectivity index (χ4n) is 3.49. The van der Waals surface area contributed by atoms with Crippen molar-refractivity contribution in [2.75, 3.05) is 17.8 Å². The first kappa shape index (κ1) is 16.6. The van der Waals surface area contributed by atoms with Crippen LogP contribution in [0.3, 0.4) is 0 Å². The quantitative estimate of drug-likeness (QED) is 0.489. The second kappa shape index (κ2) is 7.52. The Bertz CT molecular complexity index is 700. The van der Waals surface area contributed by atoms with Gasteiger partial charge in [0.05, 0.1) is 11.4 Å². The van der Waals surface area contributed by atoms with Gasteiger partial charge in [-0.3, -0.25) is 5.01 Å². The van der Waals surface area contributed by atoms with Gasteiger partial charge >= 0.3 is 0 Å². The van der Waals surface area contributed by atoms with Crippen molar-refractivity contribution < 1.29 is 0 Å². The summed E-state index contributed by atoms with van der Waals surface area (Å²) >= 11 is 0. The molecule has 2 N–H and O–H groups in total. The summed E-state index contributed by atoms with van der Waals surface area (Å²) in [6.07, 6.45) is 6.31. The molecule has 0 radical (unpaired) electrons. The van der Waals surface area contributed by atoms with E-state index in [1.165, 1.54) is 37.7 Å². The van der Waals surface area contributed by atoms with Gasteiger partial charge in [0.25, 0.3) is 0 Å². The first-order chi connectivity index (χ1) is 11.6. The molecule has 3 rings (SSSR count). The van der Waals surface area contributed by atoms with Crippen molar-refractivity contribution in [2.24, 2.45) is 11.0 Å². The second-order valence-electron chi connectivity index (χ2n) is 6.77. The van der Waals surface area contributed by atoms with Crippen molar-refractivity contribution in [3.8, 4) is 0 Å². The molecule has 0 aliphatic heterocycles. The number of hydrazone groups is 1. The Balaban J connectivity index is 2.01. The van der Waals surface area contributed by atoms with Crippen LogP contribution in [0.1, 0.15) is 43.2 Å². The van der Waals surface area contributed by atoms with E-state index in [4.69, 9.17) is 10.8 Å². The Kier molecular flexibility index (Phi) is 5.19. The molecule has 1 aliphatic carbocycles. The maximum atomic E-state index is 6.31. The highest BCUT2D eigenvalue weighted by atomic mass is 15.4. The zero-order chi connectivity index (χ0) is 16.9. The average Bonchev–Trinajstić information content (AvgIpc) is 2.63. The molecule has 0 bridgehead atoms. The number of aryl methyl sites for hydroxylation is 1. The van der Waals surface area contributed by atoms with Gasteiger partial charge < -0.3 is 5.73 Å². The molecule has 3 heteroatoms. The van der Waals surface area contributed by atoms with Crippen molar-refractivity contribution in [2.45, 2.75) is 39.0 Å². The van der Waals surface area contributed by atoms with E-state index in [9.17, 15) is 0 Å². The topological polar surface area (TPSA) is 41.6 Å². The number of benzene rings is 2. The predicted octanol–water partition coefficient (Wildman–Crippen LogP) is 5.00. The van der Waals surface area contributed by atoms with Crippen molar-refractivity contribution in [1.82, 2.24) is 0 Å². The van der Waals surface area contributed by atoms with E-state index in [1.807, 2.05) is 36.3 Å². The number of hydrogen-bond donors (Lipinski definition) is 1. The van der Waals surface area contributed by atoms with Crippen LogP contribution in [-0.2, 0) is 0 Å². The molecule has 0 spiro atoms. The lowest BCUT2D eigenvalue weighted by Crippen LogP contribution is -2.24. The molecule has 126 valence electrons. The van der Waals surface area contributed by atoms with Crippen LogP contribution < -0.4 is 10.7 Å². The molecule has 0 unspecified atom stereocenters. The second-order valence-corrected chi connectivity index (χ2v) is 6.77. The van der Waals surface area contributed by atoms with E-state index < -0.39 is 0 Å². The summed E-state index contributed by atoms with van der Waals surface area (Å²) in [5.74, 6) is 0.494. The highest BCUT2D eigenvalue weighted by Gasteiger charge is 2.23. The number of rotatable bonds is 4. The number of nitrogens with two attached hydrogens (primary N) is 1. The maximum Gasteiger partial charge on any atom is 0.0733 e. The van der Waals surface area contributed by atoms with E-state index in [0.717, 1.165) is 22.6 Å². The molecule has 2 aromatic carbocycles. The molecule has 0 heterocycles. The first-order valence-corrected chi connectivity index (χ1v) is 8.89. The summed E-state index contributed by atoms with van der Waals surface area (Å²) in [4.78, 5) is 0. The van der Waals surface area contributed by atoms with E-state index in [0.29, 0.717) is 5.92 Å². The number of nitrogens with zero attached hydrogens (tertiary/aromatic N) is 2. The third-order valence-corrected chi connectivity index (χ3v) is 4.86. The summed E-state index contributed by atoms with van der Waals surface area (Å²) in [6.45, 7) is 2.11. The maximum absolute atomic E-state index is 6.31. The van der Waals surface area contributed by atoms with Crippen LogP contribution in [0.25, 0.3) is 0 Å². The van der Waals surface area contributed by atoms with Crippen LogP contribution in [0.5, 0.6) is 0 Å². The summed E-state index contributed by atoms with van der Waals surface area (Å²) in [5, 5.41) is 6.99. The van der Waals surface area contributed by atoms with Crippen LogP contribution in [0, 0.1) is 12.8 Å². The van der Waals surface area contributed by atoms with E-state index in [2.05, 4.69) is 31.2 Å². The Morgan fingerprint density at radius 1 is 1.04 bits per heavy atom. The van der Waals surface area contributed by atoms with Crippen LogP contribution in [0.4, 0.5) is 11.4 Å². The lowest BCUT2D eigenvalue weighted by molar-refractivity contribution is 0.439. The third-order valence-electron chi connectivity index (χ3n) is 4.86. The first-order valence-electron chi connectivity index (χ1n) is 8.89. The SMILES string of the molecule is Cc1ccc(N)c(/C(=N/N(C)c2ccccc2)C2CCCCC2)c1.